The minimum atomic E-state index is -0.473. The van der Waals surface area contributed by atoms with E-state index >= 15 is 0 Å². The number of phenolic OH excluding ortho intramolecular Hbond substituents is 1. The smallest absolute Gasteiger partial charge is 0.281 e. The fourth-order valence-electron chi connectivity index (χ4n) is 5.28. The Labute approximate surface area is 315 Å². The molecule has 6 rings (SSSR count). The number of hydrazine groups is 1. The first-order valence-electron chi connectivity index (χ1n) is 15.6. The van der Waals surface area contributed by atoms with Crippen LogP contribution in [-0.4, -0.2) is 57.1 Å². The van der Waals surface area contributed by atoms with Gasteiger partial charge in [0.15, 0.2) is 0 Å². The van der Waals surface area contributed by atoms with E-state index in [1.165, 1.54) is 6.07 Å². The quantitative estimate of drug-likeness (QED) is 0.0520. The van der Waals surface area contributed by atoms with E-state index in [1.54, 1.807) is 48.5 Å². The maximum Gasteiger partial charge on any atom is 0.281 e. The second-order valence-electron chi connectivity index (χ2n) is 11.5. The average molecular weight is 773 g/mol. The molecular formula is C36H34Cl4N6O5. The number of aromatic hydroxyl groups is 1. The monoisotopic (exact) mass is 770 g/mol. The van der Waals surface area contributed by atoms with E-state index in [0.717, 1.165) is 22.4 Å². The second-order valence-corrected chi connectivity index (χ2v) is 12.7. The minimum Gasteiger partial charge on any atom is -0.507 e. The number of rotatable bonds is 12. The largest absolute Gasteiger partial charge is 0.507 e. The predicted molar refractivity (Wildman–Crippen MR) is 199 cm³/mol. The summed E-state index contributed by atoms with van der Waals surface area (Å²) in [7, 11) is 0. The van der Waals surface area contributed by atoms with Gasteiger partial charge >= 0.3 is 0 Å². The number of benzene rings is 4. The van der Waals surface area contributed by atoms with Crippen LogP contribution in [-0.2, 0) is 24.6 Å². The van der Waals surface area contributed by atoms with Crippen molar-refractivity contribution in [1.29, 1.82) is 0 Å². The van der Waals surface area contributed by atoms with Crippen LogP contribution in [0.15, 0.2) is 95.1 Å². The molecule has 4 N–H and O–H groups in total. The first kappa shape index (κ1) is 37.8. The lowest BCUT2D eigenvalue weighted by atomic mass is 10.1. The van der Waals surface area contributed by atoms with Crippen LogP contribution in [0.1, 0.15) is 22.6 Å². The van der Waals surface area contributed by atoms with Crippen molar-refractivity contribution in [3.63, 3.8) is 0 Å². The first-order chi connectivity index (χ1) is 24.2. The Morgan fingerprint density at radius 1 is 0.882 bits per heavy atom. The standard InChI is InChI=1S/C36H33Cl3N6O5.ClH/c37-27-8-11-29(12-9-27)48-21-23-1-3-24(4-2-23)35-41-34(50-43-35)20-44-13-15-45(16-14-44)32(36(47)42-40)17-25-6-10-30(19-33(25)46)49-22-26-5-7-28(38)18-31(26)39;/h1-12,17-19,46H,13-16,20-22,40H2,(H,42,47);1H. The van der Waals surface area contributed by atoms with Crippen molar-refractivity contribution >= 4 is 59.2 Å². The molecule has 1 aliphatic rings. The molecule has 5 aromatic rings. The molecule has 1 fully saturated rings. The Balaban J connectivity index is 0.00000504. The third-order valence-electron chi connectivity index (χ3n) is 8.04. The Morgan fingerprint density at radius 3 is 2.25 bits per heavy atom. The highest BCUT2D eigenvalue weighted by atomic mass is 35.5. The summed E-state index contributed by atoms with van der Waals surface area (Å²) in [6.45, 7) is 3.38. The number of nitrogens with zero attached hydrogens (tertiary/aromatic N) is 4. The number of hydrogen-bond acceptors (Lipinski definition) is 10. The van der Waals surface area contributed by atoms with Crippen LogP contribution in [0.2, 0.25) is 15.1 Å². The molecule has 0 bridgehead atoms. The van der Waals surface area contributed by atoms with E-state index in [0.29, 0.717) is 83.1 Å². The van der Waals surface area contributed by atoms with Crippen LogP contribution in [0.3, 0.4) is 0 Å². The van der Waals surface area contributed by atoms with Gasteiger partial charge in [0.25, 0.3) is 5.91 Å². The topological polar surface area (TPSA) is 139 Å². The number of nitrogens with two attached hydrogens (primary N) is 1. The fraction of sp³-hybridized carbons (Fsp3) is 0.194. The number of amides is 1. The summed E-state index contributed by atoms with van der Waals surface area (Å²) in [4.78, 5) is 21.5. The van der Waals surface area contributed by atoms with E-state index < -0.39 is 5.91 Å². The summed E-state index contributed by atoms with van der Waals surface area (Å²) in [6, 6.07) is 25.0. The fourth-order valence-corrected chi connectivity index (χ4v) is 5.87. The molecule has 0 spiro atoms. The molecule has 0 saturated carbocycles. The van der Waals surface area contributed by atoms with Gasteiger partial charge in [-0.05, 0) is 60.2 Å². The molecular weight excluding hydrogens is 738 g/mol. The van der Waals surface area contributed by atoms with Gasteiger partial charge in [0, 0.05) is 64.0 Å². The minimum absolute atomic E-state index is 0. The summed E-state index contributed by atoms with van der Waals surface area (Å²) < 4.78 is 17.2. The third kappa shape index (κ3) is 10.1. The lowest BCUT2D eigenvalue weighted by Crippen LogP contribution is -2.48. The van der Waals surface area contributed by atoms with Crippen LogP contribution in [0, 0.1) is 0 Å². The summed E-state index contributed by atoms with van der Waals surface area (Å²) in [5.74, 6) is 7.16. The normalized spacial score (nSPS) is 13.4. The Hall–Kier alpha value is -4.49. The zero-order valence-electron chi connectivity index (χ0n) is 27.1. The highest BCUT2D eigenvalue weighted by Crippen LogP contribution is 2.29. The van der Waals surface area contributed by atoms with Crippen molar-refractivity contribution in [2.24, 2.45) is 5.84 Å². The lowest BCUT2D eigenvalue weighted by molar-refractivity contribution is -0.119. The second kappa shape index (κ2) is 17.6. The van der Waals surface area contributed by atoms with Gasteiger partial charge in [-0.2, -0.15) is 4.98 Å². The molecule has 1 aromatic heterocycles. The molecule has 1 amide bonds. The summed E-state index contributed by atoms with van der Waals surface area (Å²) in [5.41, 5.74) is 5.56. The maximum absolute atomic E-state index is 12.8. The van der Waals surface area contributed by atoms with Gasteiger partial charge in [-0.15, -0.1) is 12.4 Å². The number of phenols is 1. The molecule has 51 heavy (non-hydrogen) atoms. The zero-order chi connectivity index (χ0) is 35.0. The molecule has 0 aliphatic carbocycles. The zero-order valence-corrected chi connectivity index (χ0v) is 30.2. The molecule has 266 valence electrons. The van der Waals surface area contributed by atoms with Crippen LogP contribution < -0.4 is 20.7 Å². The number of halogens is 4. The molecule has 2 heterocycles. The Kier molecular flexibility index (Phi) is 13.1. The van der Waals surface area contributed by atoms with Crippen LogP contribution in [0.25, 0.3) is 17.5 Å². The Morgan fingerprint density at radius 2 is 1.57 bits per heavy atom. The van der Waals surface area contributed by atoms with Crippen molar-refractivity contribution in [2.45, 2.75) is 19.8 Å². The number of piperazine rings is 1. The highest BCUT2D eigenvalue weighted by molar-refractivity contribution is 6.35. The Bertz CT molecular complexity index is 1970. The average Bonchev–Trinajstić information content (AvgIpc) is 3.59. The first-order valence-corrected chi connectivity index (χ1v) is 16.8. The van der Waals surface area contributed by atoms with E-state index in [4.69, 9.17) is 54.6 Å². The van der Waals surface area contributed by atoms with E-state index in [-0.39, 0.29) is 24.8 Å². The number of hydrogen-bond donors (Lipinski definition) is 3. The summed E-state index contributed by atoms with van der Waals surface area (Å²) in [5, 5.41) is 16.6. The third-order valence-corrected chi connectivity index (χ3v) is 8.88. The highest BCUT2D eigenvalue weighted by Gasteiger charge is 2.24. The molecule has 0 unspecified atom stereocenters. The number of aromatic nitrogens is 2. The SMILES string of the molecule is Cl.NNC(=O)C(=Cc1ccc(OCc2ccc(Cl)cc2Cl)cc1O)N1CCN(Cc2nc(-c3ccc(COc4ccc(Cl)cc4)cc3)no2)CC1. The van der Waals surface area contributed by atoms with Crippen molar-refractivity contribution in [2.75, 3.05) is 26.2 Å². The van der Waals surface area contributed by atoms with Gasteiger partial charge < -0.3 is 24.0 Å². The molecule has 0 atom stereocenters. The number of carbonyl (C=O) groups excluding carboxylic acids is 1. The van der Waals surface area contributed by atoms with Crippen LogP contribution in [0.5, 0.6) is 17.2 Å². The molecule has 1 saturated heterocycles. The van der Waals surface area contributed by atoms with Crippen LogP contribution >= 0.6 is 47.2 Å². The molecule has 11 nitrogen and oxygen atoms in total. The molecule has 15 heteroatoms. The number of ether oxygens (including phenoxy) is 2. The van der Waals surface area contributed by atoms with Crippen LogP contribution in [0.4, 0.5) is 0 Å². The van der Waals surface area contributed by atoms with Gasteiger partial charge in [-0.25, -0.2) is 5.84 Å². The van der Waals surface area contributed by atoms with Gasteiger partial charge in [0.1, 0.15) is 36.2 Å². The van der Waals surface area contributed by atoms with Gasteiger partial charge in [-0.3, -0.25) is 15.1 Å². The molecule has 1 aliphatic heterocycles. The van der Waals surface area contributed by atoms with Crippen molar-refractivity contribution in [3.05, 3.63) is 128 Å². The predicted octanol–water partition coefficient (Wildman–Crippen LogP) is 7.13. The van der Waals surface area contributed by atoms with Crippen molar-refractivity contribution < 1.29 is 23.9 Å². The molecule has 0 radical (unpaired) electrons. The lowest BCUT2D eigenvalue weighted by Gasteiger charge is -2.36. The van der Waals surface area contributed by atoms with Gasteiger partial charge in [-0.1, -0.05) is 70.3 Å². The van der Waals surface area contributed by atoms with E-state index in [1.807, 2.05) is 41.3 Å². The van der Waals surface area contributed by atoms with Crippen molar-refractivity contribution in [3.8, 4) is 28.6 Å². The molecule has 4 aromatic carbocycles. The summed E-state index contributed by atoms with van der Waals surface area (Å²) >= 11 is 18.1. The van der Waals surface area contributed by atoms with Gasteiger partial charge in [0.05, 0.1) is 6.54 Å². The maximum atomic E-state index is 12.8. The summed E-state index contributed by atoms with van der Waals surface area (Å²) in [6.07, 6.45) is 1.60. The van der Waals surface area contributed by atoms with Crippen molar-refractivity contribution in [1.82, 2.24) is 25.4 Å². The van der Waals surface area contributed by atoms with E-state index in [2.05, 4.69) is 20.5 Å². The number of nitrogens with one attached hydrogen (secondary N) is 1. The van der Waals surface area contributed by atoms with E-state index in [9.17, 15) is 9.90 Å². The van der Waals surface area contributed by atoms with Gasteiger partial charge in [0.2, 0.25) is 11.7 Å². The number of carbonyl (C=O) groups is 1.